The predicted octanol–water partition coefficient (Wildman–Crippen LogP) is -0.269. The van der Waals surface area contributed by atoms with Crippen molar-refractivity contribution < 1.29 is 5.11 Å². The number of aliphatic hydroxyl groups excluding tert-OH is 1. The van der Waals surface area contributed by atoms with Gasteiger partial charge in [0.05, 0.1) is 6.61 Å². The molecular formula is C13H21N5O3. The number of nitrogens with zero attached hydrogens (tertiary/aromatic N) is 4. The zero-order valence-corrected chi connectivity index (χ0v) is 12.6. The van der Waals surface area contributed by atoms with Crippen LogP contribution >= 0.6 is 0 Å². The normalized spacial score (nSPS) is 11.2. The number of aromatic nitrogens is 4. The summed E-state index contributed by atoms with van der Waals surface area (Å²) in [6, 6.07) is 0. The number of hydrogen-bond acceptors (Lipinski definition) is 5. The molecule has 0 fully saturated rings. The fraction of sp³-hybridized carbons (Fsp3) is 0.615. The third-order valence-corrected chi connectivity index (χ3v) is 3.39. The van der Waals surface area contributed by atoms with Crippen molar-refractivity contribution in [1.82, 2.24) is 18.7 Å². The molecule has 0 aliphatic carbocycles. The third-order valence-electron chi connectivity index (χ3n) is 3.39. The van der Waals surface area contributed by atoms with E-state index in [0.717, 1.165) is 11.0 Å². The second-order valence-corrected chi connectivity index (χ2v) is 4.80. The van der Waals surface area contributed by atoms with Gasteiger partial charge in [-0.1, -0.05) is 6.92 Å². The highest BCUT2D eigenvalue weighted by molar-refractivity contribution is 5.74. The molecule has 116 valence electrons. The maximum Gasteiger partial charge on any atom is 0.332 e. The molecule has 0 saturated carbocycles. The van der Waals surface area contributed by atoms with Crippen LogP contribution in [0.3, 0.4) is 0 Å². The standard InChI is InChI=1S/C13H21N5O3/c1-4-7-18-10-9(11(20)16(3)13(18)21)17(5-2)12(15-10)14-6-8-19/h19H,4-8H2,1-3H3,(H,14,15). The van der Waals surface area contributed by atoms with Crippen molar-refractivity contribution in [2.24, 2.45) is 7.05 Å². The first kappa shape index (κ1) is 15.3. The van der Waals surface area contributed by atoms with Gasteiger partial charge in [-0.05, 0) is 13.3 Å². The lowest BCUT2D eigenvalue weighted by atomic mass is 10.4. The van der Waals surface area contributed by atoms with Crippen LogP contribution in [0.2, 0.25) is 0 Å². The first-order valence-electron chi connectivity index (χ1n) is 7.11. The van der Waals surface area contributed by atoms with E-state index in [1.807, 2.05) is 13.8 Å². The third kappa shape index (κ3) is 2.46. The minimum Gasteiger partial charge on any atom is -0.395 e. The molecule has 0 unspecified atom stereocenters. The average Bonchev–Trinajstić information content (AvgIpc) is 2.85. The van der Waals surface area contributed by atoms with Gasteiger partial charge < -0.3 is 15.0 Å². The Kier molecular flexibility index (Phi) is 4.46. The fourth-order valence-corrected chi connectivity index (χ4v) is 2.39. The van der Waals surface area contributed by atoms with Crippen molar-refractivity contribution in [3.63, 3.8) is 0 Å². The lowest BCUT2D eigenvalue weighted by Crippen LogP contribution is -2.38. The van der Waals surface area contributed by atoms with E-state index in [4.69, 9.17) is 5.11 Å². The van der Waals surface area contributed by atoms with Crippen molar-refractivity contribution in [3.8, 4) is 0 Å². The molecule has 8 heteroatoms. The number of aliphatic hydroxyl groups is 1. The summed E-state index contributed by atoms with van der Waals surface area (Å²) in [7, 11) is 1.48. The quantitative estimate of drug-likeness (QED) is 0.765. The van der Waals surface area contributed by atoms with Crippen molar-refractivity contribution >= 4 is 17.1 Å². The summed E-state index contributed by atoms with van der Waals surface area (Å²) in [6.45, 7) is 5.22. The van der Waals surface area contributed by atoms with Gasteiger partial charge >= 0.3 is 5.69 Å². The number of nitrogens with one attached hydrogen (secondary N) is 1. The number of aryl methyl sites for hydroxylation is 2. The Morgan fingerprint density at radius 1 is 1.24 bits per heavy atom. The molecule has 21 heavy (non-hydrogen) atoms. The smallest absolute Gasteiger partial charge is 0.332 e. The van der Waals surface area contributed by atoms with Gasteiger partial charge in [0.15, 0.2) is 11.2 Å². The first-order chi connectivity index (χ1) is 10.1. The molecule has 8 nitrogen and oxygen atoms in total. The molecule has 2 aromatic rings. The van der Waals surface area contributed by atoms with Crippen LogP contribution in [-0.4, -0.2) is 36.9 Å². The number of hydrogen-bond donors (Lipinski definition) is 2. The summed E-state index contributed by atoms with van der Waals surface area (Å²) >= 11 is 0. The minimum absolute atomic E-state index is 0.0350. The Bertz CT molecular complexity index is 756. The van der Waals surface area contributed by atoms with Crippen LogP contribution in [-0.2, 0) is 20.1 Å². The van der Waals surface area contributed by atoms with E-state index in [1.165, 1.54) is 11.6 Å². The molecule has 0 saturated heterocycles. The molecule has 2 aromatic heterocycles. The van der Waals surface area contributed by atoms with Gasteiger partial charge in [0.25, 0.3) is 5.56 Å². The van der Waals surface area contributed by atoms with Crippen LogP contribution in [0.5, 0.6) is 0 Å². The van der Waals surface area contributed by atoms with Crippen LogP contribution in [0.15, 0.2) is 9.59 Å². The highest BCUT2D eigenvalue weighted by Crippen LogP contribution is 2.15. The number of imidazole rings is 1. The molecule has 2 rings (SSSR count). The van der Waals surface area contributed by atoms with E-state index >= 15 is 0 Å². The average molecular weight is 295 g/mol. The molecule has 0 aliphatic heterocycles. The lowest BCUT2D eigenvalue weighted by Gasteiger charge is -2.08. The highest BCUT2D eigenvalue weighted by atomic mass is 16.3. The van der Waals surface area contributed by atoms with Gasteiger partial charge in [0, 0.05) is 26.7 Å². The zero-order valence-electron chi connectivity index (χ0n) is 12.6. The summed E-state index contributed by atoms with van der Waals surface area (Å²) < 4.78 is 4.37. The largest absolute Gasteiger partial charge is 0.395 e. The van der Waals surface area contributed by atoms with Gasteiger partial charge in [0.2, 0.25) is 5.95 Å². The molecule has 0 atom stereocenters. The Labute approximate surface area is 121 Å². The number of fused-ring (bicyclic) bond motifs is 1. The molecule has 0 aliphatic rings. The number of rotatable bonds is 6. The van der Waals surface area contributed by atoms with Gasteiger partial charge in [0.1, 0.15) is 0 Å². The molecule has 0 aromatic carbocycles. The highest BCUT2D eigenvalue weighted by Gasteiger charge is 2.19. The second kappa shape index (κ2) is 6.13. The first-order valence-corrected chi connectivity index (χ1v) is 7.11. The van der Waals surface area contributed by atoms with E-state index in [2.05, 4.69) is 10.3 Å². The van der Waals surface area contributed by atoms with Crippen molar-refractivity contribution in [3.05, 3.63) is 20.8 Å². The van der Waals surface area contributed by atoms with E-state index in [1.54, 1.807) is 4.57 Å². The predicted molar refractivity (Wildman–Crippen MR) is 80.8 cm³/mol. The molecule has 0 spiro atoms. The van der Waals surface area contributed by atoms with Crippen molar-refractivity contribution in [2.45, 2.75) is 33.4 Å². The van der Waals surface area contributed by atoms with Gasteiger partial charge in [-0.2, -0.15) is 4.98 Å². The lowest BCUT2D eigenvalue weighted by molar-refractivity contribution is 0.310. The van der Waals surface area contributed by atoms with E-state index < -0.39 is 0 Å². The van der Waals surface area contributed by atoms with Crippen molar-refractivity contribution in [2.75, 3.05) is 18.5 Å². The Morgan fingerprint density at radius 2 is 1.95 bits per heavy atom. The molecule has 0 radical (unpaired) electrons. The SMILES string of the molecule is CCCn1c(=O)n(C)c(=O)c2c1nc(NCCO)n2CC. The maximum atomic E-state index is 12.4. The number of anilines is 1. The van der Waals surface area contributed by atoms with Crippen LogP contribution in [0, 0.1) is 0 Å². The summed E-state index contributed by atoms with van der Waals surface area (Å²) in [6.07, 6.45) is 0.769. The van der Waals surface area contributed by atoms with Crippen LogP contribution in [0.4, 0.5) is 5.95 Å². The van der Waals surface area contributed by atoms with E-state index in [-0.39, 0.29) is 17.9 Å². The van der Waals surface area contributed by atoms with E-state index in [9.17, 15) is 9.59 Å². The summed E-state index contributed by atoms with van der Waals surface area (Å²) in [5.41, 5.74) is 0.0956. The fourth-order valence-electron chi connectivity index (χ4n) is 2.39. The van der Waals surface area contributed by atoms with Crippen molar-refractivity contribution in [1.29, 1.82) is 0 Å². The Morgan fingerprint density at radius 3 is 2.52 bits per heavy atom. The molecule has 0 bridgehead atoms. The summed E-state index contributed by atoms with van der Waals surface area (Å²) in [5.74, 6) is 0.495. The summed E-state index contributed by atoms with van der Waals surface area (Å²) in [4.78, 5) is 29.0. The molecular weight excluding hydrogens is 274 g/mol. The monoisotopic (exact) mass is 295 g/mol. The maximum absolute atomic E-state index is 12.4. The topological polar surface area (TPSA) is 94.1 Å². The van der Waals surface area contributed by atoms with Crippen LogP contribution in [0.25, 0.3) is 11.2 Å². The van der Waals surface area contributed by atoms with Crippen LogP contribution < -0.4 is 16.6 Å². The molecule has 2 N–H and O–H groups in total. The Balaban J connectivity index is 2.83. The van der Waals surface area contributed by atoms with E-state index in [0.29, 0.717) is 36.7 Å². The van der Waals surface area contributed by atoms with Gasteiger partial charge in [-0.3, -0.25) is 13.9 Å². The van der Waals surface area contributed by atoms with Gasteiger partial charge in [-0.25, -0.2) is 4.79 Å². The Hall–Kier alpha value is -2.09. The van der Waals surface area contributed by atoms with Crippen LogP contribution in [0.1, 0.15) is 20.3 Å². The minimum atomic E-state index is -0.358. The zero-order chi connectivity index (χ0) is 15.6. The molecule has 0 amide bonds. The summed E-state index contributed by atoms with van der Waals surface area (Å²) in [5, 5.41) is 11.9. The van der Waals surface area contributed by atoms with Gasteiger partial charge in [-0.15, -0.1) is 0 Å². The second-order valence-electron chi connectivity index (χ2n) is 4.80. The molecule has 2 heterocycles.